The molecule has 1 heterocycles. The van der Waals surface area contributed by atoms with Crippen molar-refractivity contribution in [1.82, 2.24) is 15.1 Å². The molecule has 1 N–H and O–H groups in total. The van der Waals surface area contributed by atoms with Crippen molar-refractivity contribution in [3.63, 3.8) is 0 Å². The predicted octanol–water partition coefficient (Wildman–Crippen LogP) is 2.38. The van der Waals surface area contributed by atoms with Crippen LogP contribution < -0.4 is 5.32 Å². The zero-order valence-electron chi connectivity index (χ0n) is 9.97. The zero-order valence-corrected chi connectivity index (χ0v) is 10.7. The van der Waals surface area contributed by atoms with Crippen molar-refractivity contribution in [1.29, 1.82) is 0 Å². The number of nitrogens with zero attached hydrogens (tertiary/aromatic N) is 2. The van der Waals surface area contributed by atoms with Crippen LogP contribution in [0.5, 0.6) is 0 Å². The van der Waals surface area contributed by atoms with Gasteiger partial charge in [0.2, 0.25) is 0 Å². The van der Waals surface area contributed by atoms with E-state index in [-0.39, 0.29) is 0 Å². The molecule has 15 heavy (non-hydrogen) atoms. The predicted molar refractivity (Wildman–Crippen MR) is 64.1 cm³/mol. The summed E-state index contributed by atoms with van der Waals surface area (Å²) < 4.78 is 1.87. The fourth-order valence-corrected chi connectivity index (χ4v) is 1.85. The van der Waals surface area contributed by atoms with Crippen molar-refractivity contribution >= 4 is 11.6 Å². The molecule has 1 aromatic rings. The third kappa shape index (κ3) is 3.21. The molecule has 0 fully saturated rings. The van der Waals surface area contributed by atoms with E-state index in [2.05, 4.69) is 31.2 Å². The van der Waals surface area contributed by atoms with Crippen molar-refractivity contribution in [2.24, 2.45) is 13.0 Å². The van der Waals surface area contributed by atoms with Gasteiger partial charge in [-0.2, -0.15) is 5.10 Å². The summed E-state index contributed by atoms with van der Waals surface area (Å²) in [6.45, 7) is 8.24. The Bertz CT molecular complexity index is 318. The van der Waals surface area contributed by atoms with Crippen molar-refractivity contribution in [3.05, 3.63) is 16.4 Å². The van der Waals surface area contributed by atoms with Crippen LogP contribution in [0.15, 0.2) is 0 Å². The summed E-state index contributed by atoms with van der Waals surface area (Å²) in [7, 11) is 1.94. The molecule has 0 aliphatic rings. The number of halogens is 1. The van der Waals surface area contributed by atoms with Crippen LogP contribution in [-0.4, -0.2) is 16.3 Å². The molecule has 0 unspecified atom stereocenters. The van der Waals surface area contributed by atoms with E-state index in [1.807, 2.05) is 11.7 Å². The molecule has 1 rings (SSSR count). The number of hydrogen-bond acceptors (Lipinski definition) is 2. The second-order valence-corrected chi connectivity index (χ2v) is 4.59. The molecule has 86 valence electrons. The molecule has 1 aromatic heterocycles. The van der Waals surface area contributed by atoms with Gasteiger partial charge in [0.15, 0.2) is 0 Å². The highest BCUT2D eigenvalue weighted by Gasteiger charge is 2.12. The second-order valence-electron chi connectivity index (χ2n) is 4.21. The van der Waals surface area contributed by atoms with Crippen LogP contribution in [0.3, 0.4) is 0 Å². The smallest absolute Gasteiger partial charge is 0.0863 e. The van der Waals surface area contributed by atoms with Gasteiger partial charge in [0, 0.05) is 13.6 Å². The maximum Gasteiger partial charge on any atom is 0.0863 e. The van der Waals surface area contributed by atoms with Gasteiger partial charge in [0.1, 0.15) is 0 Å². The molecule has 0 aromatic carbocycles. The first-order valence-corrected chi connectivity index (χ1v) is 5.85. The summed E-state index contributed by atoms with van der Waals surface area (Å²) in [5, 5.41) is 8.56. The van der Waals surface area contributed by atoms with Crippen molar-refractivity contribution < 1.29 is 0 Å². The molecule has 0 radical (unpaired) electrons. The molecule has 4 heteroatoms. The van der Waals surface area contributed by atoms with Gasteiger partial charge >= 0.3 is 0 Å². The average Bonchev–Trinajstić information content (AvgIpc) is 2.44. The monoisotopic (exact) mass is 229 g/mol. The Morgan fingerprint density at radius 2 is 2.13 bits per heavy atom. The van der Waals surface area contributed by atoms with Gasteiger partial charge in [-0.05, 0) is 18.9 Å². The molecule has 0 amide bonds. The van der Waals surface area contributed by atoms with Crippen LogP contribution in [0.4, 0.5) is 0 Å². The highest BCUT2D eigenvalue weighted by molar-refractivity contribution is 6.31. The number of aryl methyl sites for hydroxylation is 2. The van der Waals surface area contributed by atoms with Crippen LogP contribution in [0.2, 0.25) is 5.02 Å². The zero-order chi connectivity index (χ0) is 11.4. The van der Waals surface area contributed by atoms with Gasteiger partial charge in [0.25, 0.3) is 0 Å². The molecule has 0 bridgehead atoms. The molecule has 0 aliphatic carbocycles. The van der Waals surface area contributed by atoms with Crippen LogP contribution in [0.25, 0.3) is 0 Å². The molecule has 0 saturated carbocycles. The summed E-state index contributed by atoms with van der Waals surface area (Å²) in [5.41, 5.74) is 2.06. The van der Waals surface area contributed by atoms with E-state index in [4.69, 9.17) is 11.6 Å². The van der Waals surface area contributed by atoms with Crippen LogP contribution in [0, 0.1) is 5.92 Å². The van der Waals surface area contributed by atoms with E-state index < -0.39 is 0 Å². The minimum absolute atomic E-state index is 0.655. The third-order valence-corrected chi connectivity index (χ3v) is 2.78. The Kier molecular flexibility index (Phi) is 4.61. The SMILES string of the molecule is CCc1nn(C)c(CNCC(C)C)c1Cl. The van der Waals surface area contributed by atoms with Gasteiger partial charge in [-0.1, -0.05) is 32.4 Å². The molecule has 0 saturated heterocycles. The number of hydrogen-bond donors (Lipinski definition) is 1. The fourth-order valence-electron chi connectivity index (χ4n) is 1.49. The van der Waals surface area contributed by atoms with Crippen LogP contribution >= 0.6 is 11.6 Å². The van der Waals surface area contributed by atoms with E-state index in [0.717, 1.165) is 35.9 Å². The Morgan fingerprint density at radius 1 is 1.47 bits per heavy atom. The highest BCUT2D eigenvalue weighted by atomic mass is 35.5. The maximum absolute atomic E-state index is 6.22. The summed E-state index contributed by atoms with van der Waals surface area (Å²) in [5.74, 6) is 0.655. The van der Waals surface area contributed by atoms with Gasteiger partial charge in [0.05, 0.1) is 16.4 Å². The first-order chi connectivity index (χ1) is 7.06. The number of aromatic nitrogens is 2. The maximum atomic E-state index is 6.22. The summed E-state index contributed by atoms with van der Waals surface area (Å²) in [4.78, 5) is 0. The Balaban J connectivity index is 2.64. The lowest BCUT2D eigenvalue weighted by Gasteiger charge is -2.07. The Labute approximate surface area is 96.8 Å². The molecule has 0 aliphatic heterocycles. The van der Waals surface area contributed by atoms with Gasteiger partial charge < -0.3 is 5.32 Å². The van der Waals surface area contributed by atoms with Crippen LogP contribution in [0.1, 0.15) is 32.2 Å². The normalized spacial score (nSPS) is 11.3. The first kappa shape index (κ1) is 12.5. The van der Waals surface area contributed by atoms with E-state index >= 15 is 0 Å². The van der Waals surface area contributed by atoms with Gasteiger partial charge in [-0.25, -0.2) is 0 Å². The lowest BCUT2D eigenvalue weighted by atomic mass is 10.2. The fraction of sp³-hybridized carbons (Fsp3) is 0.727. The molecule has 0 spiro atoms. The standard InChI is InChI=1S/C11H20ClN3/c1-5-9-11(12)10(15(4)14-9)7-13-6-8(2)3/h8,13H,5-7H2,1-4H3. The minimum atomic E-state index is 0.655. The van der Waals surface area contributed by atoms with Crippen LogP contribution in [-0.2, 0) is 20.0 Å². The highest BCUT2D eigenvalue weighted by Crippen LogP contribution is 2.20. The summed E-state index contributed by atoms with van der Waals surface area (Å²) >= 11 is 6.22. The summed E-state index contributed by atoms with van der Waals surface area (Å²) in [6.07, 6.45) is 0.886. The Hall–Kier alpha value is -0.540. The van der Waals surface area contributed by atoms with Gasteiger partial charge in [-0.3, -0.25) is 4.68 Å². The molecular formula is C11H20ClN3. The van der Waals surface area contributed by atoms with Crippen molar-refractivity contribution in [2.75, 3.05) is 6.54 Å². The van der Waals surface area contributed by atoms with E-state index in [0.29, 0.717) is 5.92 Å². The second kappa shape index (κ2) is 5.52. The molecule has 0 atom stereocenters. The Morgan fingerprint density at radius 3 is 2.60 bits per heavy atom. The first-order valence-electron chi connectivity index (χ1n) is 5.47. The van der Waals surface area contributed by atoms with E-state index in [1.165, 1.54) is 0 Å². The van der Waals surface area contributed by atoms with Gasteiger partial charge in [-0.15, -0.1) is 0 Å². The number of nitrogens with one attached hydrogen (secondary N) is 1. The molecule has 3 nitrogen and oxygen atoms in total. The van der Waals surface area contributed by atoms with Crippen molar-refractivity contribution in [3.8, 4) is 0 Å². The van der Waals surface area contributed by atoms with E-state index in [9.17, 15) is 0 Å². The van der Waals surface area contributed by atoms with E-state index in [1.54, 1.807) is 0 Å². The molecular weight excluding hydrogens is 210 g/mol. The topological polar surface area (TPSA) is 29.9 Å². The lowest BCUT2D eigenvalue weighted by Crippen LogP contribution is -2.20. The van der Waals surface area contributed by atoms with Crippen molar-refractivity contribution in [2.45, 2.75) is 33.7 Å². The largest absolute Gasteiger partial charge is 0.311 e. The summed E-state index contributed by atoms with van der Waals surface area (Å²) in [6, 6.07) is 0. The lowest BCUT2D eigenvalue weighted by molar-refractivity contribution is 0.536. The third-order valence-electron chi connectivity index (χ3n) is 2.35. The minimum Gasteiger partial charge on any atom is -0.311 e. The average molecular weight is 230 g/mol. The number of rotatable bonds is 5. The quantitative estimate of drug-likeness (QED) is 0.840.